The Morgan fingerprint density at radius 3 is 3.40 bits per heavy atom. The third kappa shape index (κ3) is 0.797. The molecule has 0 saturated carbocycles. The summed E-state index contributed by atoms with van der Waals surface area (Å²) < 4.78 is 5.63. The lowest BCUT2D eigenvalue weighted by Gasteiger charge is -2.31. The molecule has 2 fully saturated rings. The highest BCUT2D eigenvalue weighted by Crippen LogP contribution is 2.51. The highest BCUT2D eigenvalue weighted by molar-refractivity contribution is 5.88. The van der Waals surface area contributed by atoms with Crippen LogP contribution in [0.25, 0.3) is 0 Å². The number of hydrogen-bond acceptors (Lipinski definition) is 3. The number of nitrogens with zero attached hydrogens (tertiary/aromatic N) is 1. The minimum absolute atomic E-state index is 0.149. The second kappa shape index (κ2) is 2.35. The molecule has 3 aliphatic heterocycles. The van der Waals surface area contributed by atoms with Gasteiger partial charge in [0, 0.05) is 24.1 Å². The van der Waals surface area contributed by atoms with Gasteiger partial charge in [0.1, 0.15) is 0 Å². The number of esters is 1. The van der Waals surface area contributed by atoms with Crippen molar-refractivity contribution < 1.29 is 9.53 Å². The first-order valence-electron chi connectivity index (χ1n) is 5.69. The first kappa shape index (κ1) is 8.11. The van der Waals surface area contributed by atoms with E-state index in [1.165, 1.54) is 12.8 Å². The van der Waals surface area contributed by atoms with Gasteiger partial charge >= 0.3 is 5.97 Å². The Hall–Kier alpha value is -1.09. The monoisotopic (exact) mass is 203 g/mol. The molecule has 78 valence electrons. The fourth-order valence-corrected chi connectivity index (χ4v) is 3.77. The maximum absolute atomic E-state index is 11.4. The smallest absolute Gasteiger partial charge is 0.332 e. The molecule has 2 bridgehead atoms. The second-order valence-electron chi connectivity index (χ2n) is 4.94. The van der Waals surface area contributed by atoms with E-state index in [4.69, 9.17) is 4.74 Å². The molecule has 3 atom stereocenters. The van der Waals surface area contributed by atoms with Gasteiger partial charge in [-0.1, -0.05) is 12.2 Å². The Kier molecular flexibility index (Phi) is 1.27. The number of hydrogen-bond donors (Lipinski definition) is 0. The van der Waals surface area contributed by atoms with Crippen LogP contribution in [0, 0.1) is 0 Å². The van der Waals surface area contributed by atoms with E-state index in [1.54, 1.807) is 6.08 Å². The van der Waals surface area contributed by atoms with Crippen molar-refractivity contribution in [3.8, 4) is 0 Å². The van der Waals surface area contributed by atoms with Gasteiger partial charge in [0.05, 0.1) is 6.04 Å². The Morgan fingerprint density at radius 2 is 2.47 bits per heavy atom. The third-order valence-corrected chi connectivity index (χ3v) is 4.31. The molecule has 0 radical (unpaired) electrons. The zero-order valence-corrected chi connectivity index (χ0v) is 8.48. The maximum atomic E-state index is 11.4. The molecule has 2 saturated heterocycles. The predicted molar refractivity (Wildman–Crippen MR) is 54.2 cm³/mol. The molecule has 1 aliphatic carbocycles. The van der Waals surface area contributed by atoms with Crippen LogP contribution < -0.4 is 0 Å². The van der Waals surface area contributed by atoms with Gasteiger partial charge in [-0.3, -0.25) is 4.90 Å². The van der Waals surface area contributed by atoms with Crippen LogP contribution in [0.3, 0.4) is 0 Å². The van der Waals surface area contributed by atoms with E-state index in [1.807, 2.05) is 0 Å². The van der Waals surface area contributed by atoms with E-state index in [-0.39, 0.29) is 11.6 Å². The van der Waals surface area contributed by atoms with Crippen LogP contribution in [0.1, 0.15) is 19.3 Å². The fraction of sp³-hybridized carbons (Fsp3) is 0.583. The molecule has 4 aliphatic rings. The van der Waals surface area contributed by atoms with Crippen molar-refractivity contribution in [1.82, 2.24) is 4.90 Å². The zero-order chi connectivity index (χ0) is 10.0. The normalized spacial score (nSPS) is 46.4. The van der Waals surface area contributed by atoms with Gasteiger partial charge in [0.25, 0.3) is 0 Å². The van der Waals surface area contributed by atoms with Crippen molar-refractivity contribution in [2.24, 2.45) is 0 Å². The van der Waals surface area contributed by atoms with E-state index in [0.717, 1.165) is 18.5 Å². The number of carbonyl (C=O) groups is 1. The van der Waals surface area contributed by atoms with Crippen molar-refractivity contribution in [1.29, 1.82) is 0 Å². The highest BCUT2D eigenvalue weighted by atomic mass is 16.6. The van der Waals surface area contributed by atoms with Crippen molar-refractivity contribution in [2.75, 3.05) is 6.54 Å². The molecular formula is C12H13NO2. The average molecular weight is 203 g/mol. The van der Waals surface area contributed by atoms with Crippen molar-refractivity contribution in [3.05, 3.63) is 23.8 Å². The van der Waals surface area contributed by atoms with E-state index in [2.05, 4.69) is 17.1 Å². The Balaban J connectivity index is 1.89. The van der Waals surface area contributed by atoms with Crippen molar-refractivity contribution in [3.63, 3.8) is 0 Å². The highest BCUT2D eigenvalue weighted by Gasteiger charge is 2.60. The molecule has 15 heavy (non-hydrogen) atoms. The van der Waals surface area contributed by atoms with Gasteiger partial charge in [-0.2, -0.15) is 0 Å². The molecule has 3 heteroatoms. The molecule has 0 aromatic heterocycles. The van der Waals surface area contributed by atoms with Crippen molar-refractivity contribution in [2.45, 2.75) is 36.9 Å². The lowest BCUT2D eigenvalue weighted by molar-refractivity contribution is -0.147. The SMILES string of the molecule is O=C1C=C2C=C[C@@H]3CC2(O1)[C@H]1CCCN31. The molecule has 0 N–H and O–H groups in total. The first-order chi connectivity index (χ1) is 7.29. The molecule has 3 nitrogen and oxygen atoms in total. The van der Waals surface area contributed by atoms with Crippen LogP contribution in [0.15, 0.2) is 23.8 Å². The summed E-state index contributed by atoms with van der Waals surface area (Å²) in [7, 11) is 0. The van der Waals surface area contributed by atoms with Gasteiger partial charge in [0.2, 0.25) is 0 Å². The first-order valence-corrected chi connectivity index (χ1v) is 5.69. The molecule has 0 amide bonds. The topological polar surface area (TPSA) is 29.5 Å². The standard InChI is InChI=1S/C12H13NO2/c14-11-6-8-3-4-9-7-12(8,15-11)10-2-1-5-13(9)10/h3-4,6,9-10H,1-2,5,7H2/t9-,10-,12?/m1/s1. The van der Waals surface area contributed by atoms with Gasteiger partial charge in [-0.25, -0.2) is 4.79 Å². The Labute approximate surface area is 88.4 Å². The van der Waals surface area contributed by atoms with E-state index in [9.17, 15) is 4.79 Å². The predicted octanol–water partition coefficient (Wildman–Crippen LogP) is 1.01. The number of fused-ring (bicyclic) bond motifs is 3. The lowest BCUT2D eigenvalue weighted by Crippen LogP contribution is -2.42. The van der Waals surface area contributed by atoms with Crippen LogP contribution in [0.4, 0.5) is 0 Å². The summed E-state index contributed by atoms with van der Waals surface area (Å²) in [6.07, 6.45) is 9.39. The molecule has 4 rings (SSSR count). The van der Waals surface area contributed by atoms with E-state index in [0.29, 0.717) is 12.1 Å². The van der Waals surface area contributed by atoms with Gasteiger partial charge in [-0.05, 0) is 19.4 Å². The molecule has 1 unspecified atom stereocenters. The summed E-state index contributed by atoms with van der Waals surface area (Å²) in [6, 6.07) is 0.941. The number of ether oxygens (including phenoxy) is 1. The minimum Gasteiger partial charge on any atom is -0.449 e. The fourth-order valence-electron chi connectivity index (χ4n) is 3.77. The van der Waals surface area contributed by atoms with E-state index < -0.39 is 0 Å². The van der Waals surface area contributed by atoms with Gasteiger partial charge < -0.3 is 4.74 Å². The second-order valence-corrected chi connectivity index (χ2v) is 4.94. The van der Waals surface area contributed by atoms with Gasteiger partial charge in [-0.15, -0.1) is 0 Å². The minimum atomic E-state index is -0.271. The van der Waals surface area contributed by atoms with Crippen LogP contribution in [0.5, 0.6) is 0 Å². The largest absolute Gasteiger partial charge is 0.449 e. The Morgan fingerprint density at radius 1 is 1.53 bits per heavy atom. The van der Waals surface area contributed by atoms with Crippen LogP contribution in [0.2, 0.25) is 0 Å². The van der Waals surface area contributed by atoms with Gasteiger partial charge in [0.15, 0.2) is 5.60 Å². The molecule has 1 spiro atoms. The summed E-state index contributed by atoms with van der Waals surface area (Å²) in [5.74, 6) is -0.149. The average Bonchev–Trinajstić information content (AvgIpc) is 2.82. The summed E-state index contributed by atoms with van der Waals surface area (Å²) in [5, 5.41) is 0. The van der Waals surface area contributed by atoms with Crippen LogP contribution in [-0.4, -0.2) is 35.1 Å². The maximum Gasteiger partial charge on any atom is 0.332 e. The Bertz CT molecular complexity index is 412. The van der Waals surface area contributed by atoms with E-state index >= 15 is 0 Å². The molecular weight excluding hydrogens is 190 g/mol. The number of rotatable bonds is 0. The molecule has 3 heterocycles. The molecule has 0 aromatic rings. The summed E-state index contributed by atoms with van der Waals surface area (Å²) >= 11 is 0. The molecule has 0 aromatic carbocycles. The van der Waals surface area contributed by atoms with Crippen LogP contribution in [-0.2, 0) is 9.53 Å². The summed E-state index contributed by atoms with van der Waals surface area (Å²) in [4.78, 5) is 13.9. The van der Waals surface area contributed by atoms with Crippen molar-refractivity contribution >= 4 is 5.97 Å². The van der Waals surface area contributed by atoms with Crippen LogP contribution >= 0.6 is 0 Å². The third-order valence-electron chi connectivity index (χ3n) is 4.31. The summed E-state index contributed by atoms with van der Waals surface area (Å²) in [5.41, 5.74) is 0.839. The number of carbonyl (C=O) groups excluding carboxylic acids is 1. The quantitative estimate of drug-likeness (QED) is 0.550. The zero-order valence-electron chi connectivity index (χ0n) is 8.48. The lowest BCUT2D eigenvalue weighted by atomic mass is 9.81. The summed E-state index contributed by atoms with van der Waals surface area (Å²) in [6.45, 7) is 1.16.